The average Bonchev–Trinajstić information content (AvgIpc) is 3.26. The Hall–Kier alpha value is -2.21. The molecule has 0 spiro atoms. The highest BCUT2D eigenvalue weighted by Gasteiger charge is 2.31. The number of benzene rings is 1. The molecule has 130 valence electrons. The first-order chi connectivity index (χ1) is 11.9. The first-order valence-electron chi connectivity index (χ1n) is 8.65. The number of rotatable bonds is 3. The van der Waals surface area contributed by atoms with Crippen LogP contribution in [-0.2, 0) is 16.0 Å². The number of aromatic nitrogens is 1. The molecule has 1 aromatic carbocycles. The number of aryl methyl sites for hydroxylation is 1. The summed E-state index contributed by atoms with van der Waals surface area (Å²) in [6, 6.07) is 6.34. The van der Waals surface area contributed by atoms with Gasteiger partial charge in [-0.15, -0.1) is 11.3 Å². The number of carbonyl (C=O) groups is 2. The van der Waals surface area contributed by atoms with Gasteiger partial charge in [-0.3, -0.25) is 9.59 Å². The van der Waals surface area contributed by atoms with E-state index < -0.39 is 0 Å². The monoisotopic (exact) mass is 355 g/mol. The predicted molar refractivity (Wildman–Crippen MR) is 100.0 cm³/mol. The zero-order valence-electron chi connectivity index (χ0n) is 14.6. The molecule has 0 unspecified atom stereocenters. The fraction of sp³-hybridized carbons (Fsp3) is 0.421. The number of hydrogen-bond acceptors (Lipinski definition) is 4. The molecule has 1 fully saturated rings. The lowest BCUT2D eigenvalue weighted by Gasteiger charge is -2.20. The number of thiazole rings is 1. The number of hydrogen-bond donors (Lipinski definition) is 1. The number of carbonyl (C=O) groups excluding carboxylic acids is 2. The minimum atomic E-state index is 0.0777. The van der Waals surface area contributed by atoms with Crippen molar-refractivity contribution in [3.63, 3.8) is 0 Å². The van der Waals surface area contributed by atoms with Gasteiger partial charge in [-0.1, -0.05) is 6.07 Å². The van der Waals surface area contributed by atoms with Crippen LogP contribution in [0.1, 0.15) is 37.1 Å². The molecule has 1 N–H and O–H groups in total. The van der Waals surface area contributed by atoms with E-state index in [0.29, 0.717) is 5.13 Å². The van der Waals surface area contributed by atoms with Crippen molar-refractivity contribution in [3.8, 4) is 11.3 Å². The Kier molecular flexibility index (Phi) is 3.87. The molecule has 1 atom stereocenters. The summed E-state index contributed by atoms with van der Waals surface area (Å²) in [5.74, 6) is 0.334. The number of anilines is 2. The van der Waals surface area contributed by atoms with E-state index in [9.17, 15) is 9.59 Å². The third kappa shape index (κ3) is 2.95. The van der Waals surface area contributed by atoms with Crippen LogP contribution in [0.3, 0.4) is 0 Å². The van der Waals surface area contributed by atoms with E-state index in [2.05, 4.69) is 23.3 Å². The van der Waals surface area contributed by atoms with E-state index >= 15 is 0 Å². The Bertz CT molecular complexity index is 870. The molecule has 0 saturated heterocycles. The number of nitrogens with one attached hydrogen (secondary N) is 1. The lowest BCUT2D eigenvalue weighted by atomic mass is 10.0. The van der Waals surface area contributed by atoms with Crippen molar-refractivity contribution >= 4 is 34.0 Å². The minimum Gasteiger partial charge on any atom is -0.309 e. The predicted octanol–water partition coefficient (Wildman–Crippen LogP) is 3.76. The van der Waals surface area contributed by atoms with Crippen molar-refractivity contribution in [1.29, 1.82) is 0 Å². The van der Waals surface area contributed by atoms with E-state index in [-0.39, 0.29) is 23.8 Å². The van der Waals surface area contributed by atoms with Crippen molar-refractivity contribution in [2.75, 3.05) is 10.2 Å². The number of amides is 2. The Labute approximate surface area is 151 Å². The highest BCUT2D eigenvalue weighted by molar-refractivity contribution is 7.16. The zero-order chi connectivity index (χ0) is 17.7. The summed E-state index contributed by atoms with van der Waals surface area (Å²) in [4.78, 5) is 31.4. The van der Waals surface area contributed by atoms with Gasteiger partial charge < -0.3 is 10.2 Å². The van der Waals surface area contributed by atoms with Crippen LogP contribution < -0.4 is 10.2 Å². The lowest BCUT2D eigenvalue weighted by molar-refractivity contribution is -0.117. The average molecular weight is 355 g/mol. The molecule has 1 saturated carbocycles. The molecule has 1 aliphatic carbocycles. The van der Waals surface area contributed by atoms with Gasteiger partial charge in [0.15, 0.2) is 5.13 Å². The molecule has 25 heavy (non-hydrogen) atoms. The van der Waals surface area contributed by atoms with Crippen molar-refractivity contribution in [3.05, 3.63) is 28.6 Å². The summed E-state index contributed by atoms with van der Waals surface area (Å²) in [5.41, 5.74) is 4.12. The lowest BCUT2D eigenvalue weighted by Crippen LogP contribution is -2.33. The third-order valence-corrected chi connectivity index (χ3v) is 5.77. The van der Waals surface area contributed by atoms with Gasteiger partial charge in [-0.2, -0.15) is 0 Å². The van der Waals surface area contributed by atoms with Crippen molar-refractivity contribution in [2.24, 2.45) is 5.92 Å². The quantitative estimate of drug-likeness (QED) is 0.912. The van der Waals surface area contributed by atoms with E-state index in [0.717, 1.165) is 41.1 Å². The Morgan fingerprint density at radius 3 is 2.76 bits per heavy atom. The van der Waals surface area contributed by atoms with Crippen molar-refractivity contribution in [2.45, 2.75) is 46.1 Å². The second kappa shape index (κ2) is 5.95. The van der Waals surface area contributed by atoms with Crippen LogP contribution in [-0.4, -0.2) is 22.8 Å². The first-order valence-corrected chi connectivity index (χ1v) is 9.47. The first kappa shape index (κ1) is 16.3. The van der Waals surface area contributed by atoms with Crippen LogP contribution in [0.5, 0.6) is 0 Å². The number of fused-ring (bicyclic) bond motifs is 1. The van der Waals surface area contributed by atoms with E-state index in [1.54, 1.807) is 6.92 Å². The van der Waals surface area contributed by atoms with Gasteiger partial charge in [0, 0.05) is 35.0 Å². The van der Waals surface area contributed by atoms with Crippen LogP contribution in [0.4, 0.5) is 10.8 Å². The van der Waals surface area contributed by atoms with Crippen LogP contribution in [0.2, 0.25) is 0 Å². The van der Waals surface area contributed by atoms with Gasteiger partial charge in [-0.25, -0.2) is 4.98 Å². The molecule has 0 bridgehead atoms. The fourth-order valence-corrected chi connectivity index (χ4v) is 4.37. The second-order valence-corrected chi connectivity index (χ2v) is 8.18. The Morgan fingerprint density at radius 2 is 2.08 bits per heavy atom. The topological polar surface area (TPSA) is 62.3 Å². The van der Waals surface area contributed by atoms with Crippen LogP contribution in [0.25, 0.3) is 11.3 Å². The van der Waals surface area contributed by atoms with Gasteiger partial charge in [0.25, 0.3) is 0 Å². The molecular weight excluding hydrogens is 334 g/mol. The fourth-order valence-electron chi connectivity index (χ4n) is 3.53. The largest absolute Gasteiger partial charge is 0.309 e. The maximum Gasteiger partial charge on any atom is 0.229 e. The van der Waals surface area contributed by atoms with Crippen LogP contribution in [0, 0.1) is 12.8 Å². The summed E-state index contributed by atoms with van der Waals surface area (Å²) in [5, 5.41) is 3.60. The highest BCUT2D eigenvalue weighted by atomic mass is 32.1. The third-order valence-electron chi connectivity index (χ3n) is 4.88. The van der Waals surface area contributed by atoms with Gasteiger partial charge >= 0.3 is 0 Å². The maximum atomic E-state index is 11.9. The van der Waals surface area contributed by atoms with E-state index in [4.69, 9.17) is 0 Å². The van der Waals surface area contributed by atoms with Gasteiger partial charge in [0.1, 0.15) is 0 Å². The summed E-state index contributed by atoms with van der Waals surface area (Å²) >= 11 is 1.51. The summed E-state index contributed by atoms with van der Waals surface area (Å²) in [7, 11) is 0. The molecule has 2 aromatic rings. The summed E-state index contributed by atoms with van der Waals surface area (Å²) in [6.07, 6.45) is 2.83. The van der Waals surface area contributed by atoms with E-state index in [1.807, 2.05) is 24.0 Å². The maximum absolute atomic E-state index is 11.9. The molecule has 5 nitrogen and oxygen atoms in total. The minimum absolute atomic E-state index is 0.0777. The highest BCUT2D eigenvalue weighted by Crippen LogP contribution is 2.38. The van der Waals surface area contributed by atoms with Gasteiger partial charge in [0.2, 0.25) is 11.8 Å². The zero-order valence-corrected chi connectivity index (χ0v) is 15.4. The Balaban J connectivity index is 1.63. The van der Waals surface area contributed by atoms with Gasteiger partial charge in [-0.05, 0) is 50.8 Å². The SMILES string of the molecule is CC(=O)N1c2ccc(-c3nc(NC(=O)C4CC4)sc3C)cc2C[C@H]1C. The van der Waals surface area contributed by atoms with Crippen molar-refractivity contribution < 1.29 is 9.59 Å². The van der Waals surface area contributed by atoms with Gasteiger partial charge in [0.05, 0.1) is 5.69 Å². The normalized spacial score (nSPS) is 19.0. The van der Waals surface area contributed by atoms with E-state index in [1.165, 1.54) is 16.9 Å². The number of nitrogens with zero attached hydrogens (tertiary/aromatic N) is 2. The summed E-state index contributed by atoms with van der Waals surface area (Å²) in [6.45, 7) is 5.71. The smallest absolute Gasteiger partial charge is 0.229 e. The Morgan fingerprint density at radius 1 is 1.32 bits per heavy atom. The molecule has 0 radical (unpaired) electrons. The molecule has 4 rings (SSSR count). The second-order valence-electron chi connectivity index (χ2n) is 6.97. The molecule has 1 aromatic heterocycles. The summed E-state index contributed by atoms with van der Waals surface area (Å²) < 4.78 is 0. The molecule has 6 heteroatoms. The molecule has 2 aliphatic rings. The molecule has 2 heterocycles. The molecular formula is C19H21N3O2S. The van der Waals surface area contributed by atoms with Crippen LogP contribution in [0.15, 0.2) is 18.2 Å². The molecule has 1 aliphatic heterocycles. The van der Waals surface area contributed by atoms with Crippen LogP contribution >= 0.6 is 11.3 Å². The van der Waals surface area contributed by atoms with Crippen molar-refractivity contribution in [1.82, 2.24) is 4.98 Å². The standard InChI is InChI=1S/C19H21N3O2S/c1-10-8-15-9-14(6-7-16(15)22(10)12(3)23)17-11(2)25-19(20-17)21-18(24)13-4-5-13/h6-7,9-10,13H,4-5,8H2,1-3H3,(H,20,21,24)/t10-/m1/s1. The molecule has 2 amide bonds.